The average molecular weight is 494 g/mol. The molecule has 0 atom stereocenters. The summed E-state index contributed by atoms with van der Waals surface area (Å²) in [4.78, 5) is 26.2. The van der Waals surface area contributed by atoms with Crippen LogP contribution in [0.5, 0.6) is 11.5 Å². The van der Waals surface area contributed by atoms with E-state index in [4.69, 9.17) is 9.47 Å². The number of thioether (sulfide) groups is 1. The molecule has 2 amide bonds. The molecule has 0 N–H and O–H groups in total. The number of benzene rings is 2. The number of carbonyl (C=O) groups is 2. The maximum Gasteiger partial charge on any atom is 0.293 e. The number of carbonyl (C=O) groups excluding carboxylic acids is 2. The second-order valence-electron chi connectivity index (χ2n) is 6.82. The van der Waals surface area contributed by atoms with E-state index in [1.807, 2.05) is 6.92 Å². The third-order valence-electron chi connectivity index (χ3n) is 4.27. The minimum absolute atomic E-state index is 0.198. The molecule has 158 valence electrons. The van der Waals surface area contributed by atoms with E-state index in [-0.39, 0.29) is 29.6 Å². The molecule has 1 fully saturated rings. The highest BCUT2D eigenvalue weighted by Crippen LogP contribution is 2.40. The minimum atomic E-state index is -0.304. The summed E-state index contributed by atoms with van der Waals surface area (Å²) in [6.45, 7) is 6.13. The van der Waals surface area contributed by atoms with Crippen molar-refractivity contribution >= 4 is 44.9 Å². The summed E-state index contributed by atoms with van der Waals surface area (Å²) < 4.78 is 25.4. The van der Waals surface area contributed by atoms with E-state index in [1.165, 1.54) is 17.0 Å². The number of amides is 2. The lowest BCUT2D eigenvalue weighted by molar-refractivity contribution is -0.123. The number of nitrogens with zero attached hydrogens (tertiary/aromatic N) is 1. The molecule has 0 radical (unpaired) electrons. The smallest absolute Gasteiger partial charge is 0.293 e. The van der Waals surface area contributed by atoms with Crippen LogP contribution in [0, 0.1) is 5.82 Å². The monoisotopic (exact) mass is 493 g/mol. The van der Waals surface area contributed by atoms with Crippen LogP contribution in [-0.4, -0.2) is 28.7 Å². The lowest BCUT2D eigenvalue weighted by Crippen LogP contribution is -2.34. The third kappa shape index (κ3) is 5.05. The van der Waals surface area contributed by atoms with Gasteiger partial charge < -0.3 is 9.47 Å². The summed E-state index contributed by atoms with van der Waals surface area (Å²) in [6, 6.07) is 9.43. The molecule has 30 heavy (non-hydrogen) atoms. The standard InChI is InChI=1S/C22H21BrFNO4S/c1-4-28-18-10-15(11-19-21(26)25(13(2)3)22(27)30-19)9-17(23)20(18)29-12-14-5-7-16(24)8-6-14/h5-11,13H,4,12H2,1-3H3/b19-11+. The van der Waals surface area contributed by atoms with Gasteiger partial charge in [0.1, 0.15) is 12.4 Å². The van der Waals surface area contributed by atoms with Crippen molar-refractivity contribution in [3.63, 3.8) is 0 Å². The van der Waals surface area contributed by atoms with Gasteiger partial charge in [0.25, 0.3) is 11.1 Å². The van der Waals surface area contributed by atoms with Crippen molar-refractivity contribution in [2.75, 3.05) is 6.61 Å². The SMILES string of the molecule is CCOc1cc(/C=C2/SC(=O)N(C(C)C)C2=O)cc(Br)c1OCc1ccc(F)cc1. The fourth-order valence-corrected chi connectivity index (χ4v) is 4.42. The molecule has 0 spiro atoms. The van der Waals surface area contributed by atoms with Crippen molar-refractivity contribution in [1.82, 2.24) is 4.90 Å². The minimum Gasteiger partial charge on any atom is -0.490 e. The van der Waals surface area contributed by atoms with E-state index in [0.29, 0.717) is 33.0 Å². The first kappa shape index (κ1) is 22.4. The van der Waals surface area contributed by atoms with Crippen LogP contribution in [0.1, 0.15) is 31.9 Å². The van der Waals surface area contributed by atoms with Crippen LogP contribution >= 0.6 is 27.7 Å². The van der Waals surface area contributed by atoms with Gasteiger partial charge in [-0.3, -0.25) is 14.5 Å². The van der Waals surface area contributed by atoms with Crippen LogP contribution in [0.2, 0.25) is 0 Å². The summed E-state index contributed by atoms with van der Waals surface area (Å²) in [5.74, 6) is 0.406. The molecule has 3 rings (SSSR count). The number of imide groups is 1. The molecule has 1 aliphatic rings. The van der Waals surface area contributed by atoms with Gasteiger partial charge in [0, 0.05) is 6.04 Å². The van der Waals surface area contributed by atoms with Gasteiger partial charge in [0.2, 0.25) is 0 Å². The Kier molecular flexibility index (Phi) is 7.20. The molecule has 1 aliphatic heterocycles. The third-order valence-corrected chi connectivity index (χ3v) is 5.74. The molecule has 5 nitrogen and oxygen atoms in total. The van der Waals surface area contributed by atoms with E-state index < -0.39 is 0 Å². The zero-order valence-corrected chi connectivity index (χ0v) is 19.2. The van der Waals surface area contributed by atoms with Crippen molar-refractivity contribution < 1.29 is 23.5 Å². The molecule has 1 saturated heterocycles. The first-order valence-corrected chi connectivity index (χ1v) is 11.0. The van der Waals surface area contributed by atoms with Crippen LogP contribution in [0.25, 0.3) is 6.08 Å². The largest absolute Gasteiger partial charge is 0.490 e. The Balaban J connectivity index is 1.86. The molecule has 0 aromatic heterocycles. The zero-order valence-electron chi connectivity index (χ0n) is 16.8. The fraction of sp³-hybridized carbons (Fsp3) is 0.273. The number of hydrogen-bond acceptors (Lipinski definition) is 5. The number of hydrogen-bond donors (Lipinski definition) is 0. The van der Waals surface area contributed by atoms with E-state index in [9.17, 15) is 14.0 Å². The van der Waals surface area contributed by atoms with E-state index in [0.717, 1.165) is 17.3 Å². The van der Waals surface area contributed by atoms with Crippen molar-refractivity contribution in [2.24, 2.45) is 0 Å². The van der Waals surface area contributed by atoms with Crippen LogP contribution in [0.4, 0.5) is 9.18 Å². The fourth-order valence-electron chi connectivity index (χ4n) is 2.89. The Morgan fingerprint density at radius 2 is 1.87 bits per heavy atom. The first-order chi connectivity index (χ1) is 14.3. The second kappa shape index (κ2) is 9.66. The van der Waals surface area contributed by atoms with Gasteiger partial charge in [-0.05, 0) is 89.9 Å². The van der Waals surface area contributed by atoms with Crippen LogP contribution in [-0.2, 0) is 11.4 Å². The summed E-state index contributed by atoms with van der Waals surface area (Å²) in [7, 11) is 0. The molecule has 2 aromatic rings. The zero-order chi connectivity index (χ0) is 21.8. The Bertz CT molecular complexity index is 991. The van der Waals surface area contributed by atoms with Crippen LogP contribution < -0.4 is 9.47 Å². The maximum atomic E-state index is 13.1. The van der Waals surface area contributed by atoms with Gasteiger partial charge in [-0.2, -0.15) is 0 Å². The number of halogens is 2. The van der Waals surface area contributed by atoms with Gasteiger partial charge >= 0.3 is 0 Å². The Morgan fingerprint density at radius 3 is 2.47 bits per heavy atom. The molecule has 2 aromatic carbocycles. The van der Waals surface area contributed by atoms with Crippen molar-refractivity contribution in [1.29, 1.82) is 0 Å². The summed E-state index contributed by atoms with van der Waals surface area (Å²) in [5.41, 5.74) is 1.52. The van der Waals surface area contributed by atoms with Crippen molar-refractivity contribution in [2.45, 2.75) is 33.4 Å². The highest BCUT2D eigenvalue weighted by atomic mass is 79.9. The number of ether oxygens (including phenoxy) is 2. The van der Waals surface area contributed by atoms with Crippen molar-refractivity contribution in [3.8, 4) is 11.5 Å². The lowest BCUT2D eigenvalue weighted by Gasteiger charge is -2.16. The average Bonchev–Trinajstić information content (AvgIpc) is 2.96. The van der Waals surface area contributed by atoms with Gasteiger partial charge in [-0.25, -0.2) is 4.39 Å². The molecule has 0 saturated carbocycles. The predicted octanol–water partition coefficient (Wildman–Crippen LogP) is 6.01. The topological polar surface area (TPSA) is 55.8 Å². The Labute approximate surface area is 187 Å². The number of rotatable bonds is 7. The lowest BCUT2D eigenvalue weighted by atomic mass is 10.1. The Hall–Kier alpha value is -2.32. The van der Waals surface area contributed by atoms with Gasteiger partial charge in [-0.1, -0.05) is 12.1 Å². The molecular formula is C22H21BrFNO4S. The van der Waals surface area contributed by atoms with Crippen LogP contribution in [0.15, 0.2) is 45.8 Å². The second-order valence-corrected chi connectivity index (χ2v) is 8.67. The molecule has 0 bridgehead atoms. The van der Waals surface area contributed by atoms with E-state index >= 15 is 0 Å². The Morgan fingerprint density at radius 1 is 1.17 bits per heavy atom. The highest BCUT2D eigenvalue weighted by molar-refractivity contribution is 9.10. The normalized spacial score (nSPS) is 15.4. The van der Waals surface area contributed by atoms with Crippen LogP contribution in [0.3, 0.4) is 0 Å². The highest BCUT2D eigenvalue weighted by Gasteiger charge is 2.36. The predicted molar refractivity (Wildman–Crippen MR) is 119 cm³/mol. The van der Waals surface area contributed by atoms with Gasteiger partial charge in [0.15, 0.2) is 11.5 Å². The summed E-state index contributed by atoms with van der Waals surface area (Å²) >= 11 is 4.42. The van der Waals surface area contributed by atoms with Crippen molar-refractivity contribution in [3.05, 3.63) is 62.7 Å². The maximum absolute atomic E-state index is 13.1. The van der Waals surface area contributed by atoms with E-state index in [2.05, 4.69) is 15.9 Å². The molecular weight excluding hydrogens is 473 g/mol. The molecule has 8 heteroatoms. The summed E-state index contributed by atoms with van der Waals surface area (Å²) in [5, 5.41) is -0.274. The van der Waals surface area contributed by atoms with Gasteiger partial charge in [0.05, 0.1) is 16.0 Å². The quantitative estimate of drug-likeness (QED) is 0.442. The summed E-state index contributed by atoms with van der Waals surface area (Å²) in [6.07, 6.45) is 1.67. The first-order valence-electron chi connectivity index (χ1n) is 9.40. The van der Waals surface area contributed by atoms with E-state index in [1.54, 1.807) is 44.2 Å². The molecule has 0 aliphatic carbocycles. The molecule has 0 unspecified atom stereocenters. The molecule has 1 heterocycles. The van der Waals surface area contributed by atoms with Gasteiger partial charge in [-0.15, -0.1) is 0 Å².